The van der Waals surface area contributed by atoms with Gasteiger partial charge in [0.2, 0.25) is 17.7 Å². The average Bonchev–Trinajstić information content (AvgIpc) is 0.792. The molecule has 0 radical (unpaired) electrons. The number of hydrogen-bond donors (Lipinski definition) is 9. The first-order valence-electron chi connectivity index (χ1n) is 37.8. The number of carbonyl (C=O) groups excluding carboxylic acids is 5. The van der Waals surface area contributed by atoms with Crippen molar-refractivity contribution in [1.82, 2.24) is 16.0 Å². The minimum Gasteiger partial charge on any atom is -0.457 e. The van der Waals surface area contributed by atoms with E-state index < -0.39 is 140 Å². The maximum Gasteiger partial charge on any atom is 0.470 e. The Hall–Kier alpha value is -2.67. The summed E-state index contributed by atoms with van der Waals surface area (Å²) in [6.45, 7) is 5.16. The second kappa shape index (κ2) is 56.9. The Morgan fingerprint density at radius 3 is 1.12 bits per heavy atom. The van der Waals surface area contributed by atoms with E-state index in [2.05, 4.69) is 48.2 Å². The van der Waals surface area contributed by atoms with Crippen LogP contribution in [0.5, 0.6) is 0 Å². The second-order valence-corrected chi connectivity index (χ2v) is 29.1. The van der Waals surface area contributed by atoms with E-state index in [1.54, 1.807) is 0 Å². The maximum atomic E-state index is 14.1. The van der Waals surface area contributed by atoms with Gasteiger partial charge in [-0.2, -0.15) is 0 Å². The van der Waals surface area contributed by atoms with E-state index in [0.717, 1.165) is 116 Å². The highest BCUT2D eigenvalue weighted by Gasteiger charge is 2.54. The number of aliphatic hydroxyl groups excluding tert-OH is 2. The number of hydrogen-bond acceptors (Lipinski definition) is 17. The number of rotatable bonds is 63. The molecule has 2 aliphatic heterocycles. The normalized spacial score (nSPS) is 21.4. The van der Waals surface area contributed by atoms with Gasteiger partial charge in [-0.15, -0.1) is 0 Å². The maximum absolute atomic E-state index is 14.1. The molecule has 10 atom stereocenters. The molecule has 2 heterocycles. The quantitative estimate of drug-likeness (QED) is 0.0155. The van der Waals surface area contributed by atoms with Crippen LogP contribution in [-0.4, -0.2) is 154 Å². The monoisotopic (exact) mass is 1410 g/mol. The third kappa shape index (κ3) is 45.3. The molecule has 0 aromatic carbocycles. The number of nitrogens with one attached hydrogen (secondary N) is 3. The standard InChI is InChI=1S/C70H133N3O21P2/c1-5-9-13-17-21-25-28-32-36-40-44-48-59(76)72-63-67(93-62(79)53-71-58(75)47-43-39-35-31-24-20-16-12-8-4)65(80)57(91-69(63)87-51-52-89-95(81,82)83)55-88-70-64(73-60(77)49-45-41-37-33-29-26-22-18-14-10-6-2)68(66(56(54-74)90-70)94-96(84,85)86)92-61(78)50-46-42-38-34-30-27-23-19-15-11-7-3/h56-57,63-70,74,80H,5-55H2,1-4H3,(H,71,75)(H,72,76)(H,73,77)(H2,81,82,83)(H2,84,85,86)/t56-,57-,63-,64-,65-,66-,67-,68-,69+,70-/m1/s1. The lowest BCUT2D eigenvalue weighted by atomic mass is 9.95. The fourth-order valence-corrected chi connectivity index (χ4v) is 13.3. The zero-order valence-electron chi connectivity index (χ0n) is 59.5. The number of ether oxygens (including phenoxy) is 6. The van der Waals surface area contributed by atoms with Crippen LogP contribution in [0.1, 0.15) is 323 Å². The van der Waals surface area contributed by atoms with Crippen molar-refractivity contribution in [3.8, 4) is 0 Å². The summed E-state index contributed by atoms with van der Waals surface area (Å²) >= 11 is 0. The van der Waals surface area contributed by atoms with Gasteiger partial charge in [0.25, 0.3) is 0 Å². The van der Waals surface area contributed by atoms with Gasteiger partial charge in [0, 0.05) is 25.7 Å². The predicted molar refractivity (Wildman–Crippen MR) is 369 cm³/mol. The Labute approximate surface area is 576 Å². The lowest BCUT2D eigenvalue weighted by Gasteiger charge is -2.47. The van der Waals surface area contributed by atoms with Gasteiger partial charge in [0.1, 0.15) is 43.0 Å². The van der Waals surface area contributed by atoms with Crippen molar-refractivity contribution >= 4 is 45.3 Å². The fourth-order valence-electron chi connectivity index (χ4n) is 12.4. The van der Waals surface area contributed by atoms with Gasteiger partial charge in [-0.1, -0.05) is 272 Å². The Balaban J connectivity index is 2.51. The van der Waals surface area contributed by atoms with Gasteiger partial charge in [-0.25, -0.2) is 9.13 Å². The lowest BCUT2D eigenvalue weighted by Crippen LogP contribution is -2.68. The summed E-state index contributed by atoms with van der Waals surface area (Å²) in [6, 6.07) is -3.08. The van der Waals surface area contributed by atoms with E-state index >= 15 is 0 Å². The van der Waals surface area contributed by atoms with E-state index in [0.29, 0.717) is 32.1 Å². The summed E-state index contributed by atoms with van der Waals surface area (Å²) in [6.07, 6.45) is 29.4. The van der Waals surface area contributed by atoms with Crippen LogP contribution < -0.4 is 16.0 Å². The van der Waals surface area contributed by atoms with Gasteiger partial charge >= 0.3 is 27.6 Å². The van der Waals surface area contributed by atoms with Crippen LogP contribution in [0.2, 0.25) is 0 Å². The predicted octanol–water partition coefficient (Wildman–Crippen LogP) is 13.3. The second-order valence-electron chi connectivity index (χ2n) is 26.7. The SMILES string of the molecule is CCCCCCCCCCCCCC(=O)N[C@H]1[C@H](OC[C@H]2O[C@H](OCCOP(=O)(O)O)[C@H](NC(=O)CCCCCCCCCCCCC)[C@@H](OC(=O)CNC(=O)CCCCCCCCCCC)[C@@H]2O)O[C@H](CO)[C@@H](OP(=O)(O)O)[C@@H]1OC(=O)CCCCCCCCCCCCC. The molecular formula is C70H133N3O21P2. The Kier molecular flexibility index (Phi) is 53.0. The molecule has 2 saturated heterocycles. The smallest absolute Gasteiger partial charge is 0.457 e. The number of esters is 2. The molecule has 564 valence electrons. The lowest BCUT2D eigenvalue weighted by molar-refractivity contribution is -0.304. The zero-order valence-corrected chi connectivity index (χ0v) is 61.3. The molecule has 3 amide bonds. The average molecular weight is 1410 g/mol. The van der Waals surface area contributed by atoms with Crippen molar-refractivity contribution in [2.45, 2.75) is 384 Å². The summed E-state index contributed by atoms with van der Waals surface area (Å²) in [5.41, 5.74) is 0. The molecule has 2 aliphatic rings. The molecule has 96 heavy (non-hydrogen) atoms. The molecule has 26 heteroatoms. The summed E-state index contributed by atoms with van der Waals surface area (Å²) in [4.78, 5) is 108. The fraction of sp³-hybridized carbons (Fsp3) is 0.929. The number of phosphoric acid groups is 2. The van der Waals surface area contributed by atoms with E-state index in [-0.39, 0.29) is 25.7 Å². The topological polar surface area (TPSA) is 351 Å². The molecule has 0 unspecified atom stereocenters. The Morgan fingerprint density at radius 1 is 0.396 bits per heavy atom. The molecule has 2 fully saturated rings. The van der Waals surface area contributed by atoms with E-state index in [1.807, 2.05) is 0 Å². The molecule has 24 nitrogen and oxygen atoms in total. The van der Waals surface area contributed by atoms with E-state index in [4.69, 9.17) is 32.9 Å². The van der Waals surface area contributed by atoms with Crippen LogP contribution >= 0.6 is 15.6 Å². The highest BCUT2D eigenvalue weighted by molar-refractivity contribution is 7.46. The summed E-state index contributed by atoms with van der Waals surface area (Å²) in [7, 11) is -10.4. The van der Waals surface area contributed by atoms with Crippen LogP contribution in [0.25, 0.3) is 0 Å². The van der Waals surface area contributed by atoms with E-state index in [9.17, 15) is 62.9 Å². The highest BCUT2D eigenvalue weighted by atomic mass is 31.2. The van der Waals surface area contributed by atoms with Crippen LogP contribution in [-0.2, 0) is 70.6 Å². The number of carbonyl (C=O) groups is 5. The van der Waals surface area contributed by atoms with Crippen molar-refractivity contribution in [1.29, 1.82) is 0 Å². The van der Waals surface area contributed by atoms with E-state index in [1.165, 1.54) is 122 Å². The third-order valence-electron chi connectivity index (χ3n) is 17.9. The minimum absolute atomic E-state index is 0.0125. The minimum atomic E-state index is -5.44. The number of aliphatic hydroxyl groups is 2. The van der Waals surface area contributed by atoms with Gasteiger partial charge in [-0.3, -0.25) is 33.0 Å². The van der Waals surface area contributed by atoms with Gasteiger partial charge in [0.05, 0.1) is 26.4 Å². The Bertz CT molecular complexity index is 2090. The molecule has 0 aromatic rings. The molecular weight excluding hydrogens is 1280 g/mol. The summed E-state index contributed by atoms with van der Waals surface area (Å²) in [5.74, 6) is -3.28. The summed E-state index contributed by atoms with van der Waals surface area (Å²) < 4.78 is 71.0. The number of amides is 3. The number of phosphoric ester groups is 2. The molecule has 0 aromatic heterocycles. The molecule has 0 saturated carbocycles. The van der Waals surface area contributed by atoms with Crippen molar-refractivity contribution in [2.24, 2.45) is 0 Å². The van der Waals surface area contributed by atoms with Gasteiger partial charge in [-0.05, 0) is 25.7 Å². The van der Waals surface area contributed by atoms with Crippen molar-refractivity contribution in [3.05, 3.63) is 0 Å². The van der Waals surface area contributed by atoms with Gasteiger partial charge < -0.3 is 74.2 Å². The molecule has 0 spiro atoms. The van der Waals surface area contributed by atoms with Gasteiger partial charge in [0.15, 0.2) is 24.8 Å². The van der Waals surface area contributed by atoms with Crippen molar-refractivity contribution < 1.29 is 100 Å². The molecule has 9 N–H and O–H groups in total. The van der Waals surface area contributed by atoms with Crippen LogP contribution in [0, 0.1) is 0 Å². The third-order valence-corrected chi connectivity index (χ3v) is 19.0. The first kappa shape index (κ1) is 89.4. The zero-order chi connectivity index (χ0) is 70.5. The number of unbranched alkanes of at least 4 members (excludes halogenated alkanes) is 38. The first-order chi connectivity index (χ1) is 46.3. The van der Waals surface area contributed by atoms with Crippen LogP contribution in [0.3, 0.4) is 0 Å². The first-order valence-corrected chi connectivity index (χ1v) is 40.8. The summed E-state index contributed by atoms with van der Waals surface area (Å²) in [5, 5.41) is 31.3. The largest absolute Gasteiger partial charge is 0.470 e. The van der Waals surface area contributed by atoms with Crippen LogP contribution in [0.15, 0.2) is 0 Å². The van der Waals surface area contributed by atoms with Crippen LogP contribution in [0.4, 0.5) is 0 Å². The highest BCUT2D eigenvalue weighted by Crippen LogP contribution is 2.43. The van der Waals surface area contributed by atoms with Crippen molar-refractivity contribution in [3.63, 3.8) is 0 Å². The molecule has 2 rings (SSSR count). The Morgan fingerprint density at radius 2 is 0.740 bits per heavy atom. The molecule has 0 aliphatic carbocycles. The van der Waals surface area contributed by atoms with Crippen molar-refractivity contribution in [2.75, 3.05) is 33.0 Å². The molecule has 0 bridgehead atoms.